The zero-order chi connectivity index (χ0) is 14.4. The zero-order valence-electron chi connectivity index (χ0n) is 11.2. The van der Waals surface area contributed by atoms with Crippen LogP contribution in [0.4, 0.5) is 0 Å². The van der Waals surface area contributed by atoms with Gasteiger partial charge in [-0.25, -0.2) is 4.98 Å². The Kier molecular flexibility index (Phi) is 5.07. The number of hydrogen-bond acceptors (Lipinski definition) is 3. The number of rotatable bonds is 5. The lowest BCUT2D eigenvalue weighted by molar-refractivity contribution is 0.0929. The molecule has 1 N–H and O–H groups in total. The molecule has 20 heavy (non-hydrogen) atoms. The summed E-state index contributed by atoms with van der Waals surface area (Å²) in [5.74, 6) is -0.262. The molecular formula is C15H16ClN3O. The summed E-state index contributed by atoms with van der Waals surface area (Å²) in [6.07, 6.45) is 4.65. The van der Waals surface area contributed by atoms with E-state index in [0.29, 0.717) is 0 Å². The van der Waals surface area contributed by atoms with E-state index >= 15 is 0 Å². The van der Waals surface area contributed by atoms with Gasteiger partial charge in [-0.1, -0.05) is 55.3 Å². The van der Waals surface area contributed by atoms with Gasteiger partial charge >= 0.3 is 0 Å². The molecule has 104 valence electrons. The Morgan fingerprint density at radius 2 is 2.05 bits per heavy atom. The number of nitrogens with zero attached hydrogens (tertiary/aromatic N) is 2. The Morgan fingerprint density at radius 3 is 2.70 bits per heavy atom. The van der Waals surface area contributed by atoms with Gasteiger partial charge in [-0.2, -0.15) is 0 Å². The van der Waals surface area contributed by atoms with Crippen LogP contribution in [0.3, 0.4) is 0 Å². The van der Waals surface area contributed by atoms with Crippen molar-refractivity contribution in [3.8, 4) is 0 Å². The number of halogens is 1. The molecule has 0 radical (unpaired) electrons. The van der Waals surface area contributed by atoms with Crippen molar-refractivity contribution in [2.75, 3.05) is 0 Å². The molecule has 4 nitrogen and oxygen atoms in total. The maximum Gasteiger partial charge on any atom is 0.272 e. The fourth-order valence-corrected chi connectivity index (χ4v) is 2.13. The van der Waals surface area contributed by atoms with Crippen molar-refractivity contribution in [3.05, 3.63) is 59.1 Å². The third-order valence-corrected chi connectivity index (χ3v) is 3.10. The number of nitrogens with one attached hydrogen (secondary N) is 1. The number of benzene rings is 1. The number of hydrogen-bond donors (Lipinski definition) is 1. The first kappa shape index (κ1) is 14.5. The minimum atomic E-state index is -0.262. The Labute approximate surface area is 123 Å². The van der Waals surface area contributed by atoms with Crippen molar-refractivity contribution in [3.63, 3.8) is 0 Å². The lowest BCUT2D eigenvalue weighted by Crippen LogP contribution is -2.29. The van der Waals surface area contributed by atoms with Crippen LogP contribution < -0.4 is 5.32 Å². The van der Waals surface area contributed by atoms with Crippen LogP contribution in [0.1, 0.15) is 41.9 Å². The SMILES string of the molecule is CCCC(NC(=O)c1cncc(Cl)n1)c1ccccc1. The molecule has 1 unspecified atom stereocenters. The van der Waals surface area contributed by atoms with Gasteiger partial charge in [-0.05, 0) is 12.0 Å². The van der Waals surface area contributed by atoms with E-state index in [1.165, 1.54) is 12.4 Å². The molecule has 1 aromatic carbocycles. The first-order chi connectivity index (χ1) is 9.70. The van der Waals surface area contributed by atoms with Crippen molar-refractivity contribution >= 4 is 17.5 Å². The van der Waals surface area contributed by atoms with Gasteiger partial charge in [-0.15, -0.1) is 0 Å². The van der Waals surface area contributed by atoms with E-state index in [2.05, 4.69) is 22.2 Å². The minimum absolute atomic E-state index is 0.0329. The van der Waals surface area contributed by atoms with Crippen LogP contribution in [0.25, 0.3) is 0 Å². The molecule has 1 aromatic heterocycles. The van der Waals surface area contributed by atoms with Crippen molar-refractivity contribution in [2.24, 2.45) is 0 Å². The number of carbonyl (C=O) groups is 1. The summed E-state index contributed by atoms with van der Waals surface area (Å²) in [5.41, 5.74) is 1.31. The van der Waals surface area contributed by atoms with Gasteiger partial charge in [0, 0.05) is 0 Å². The first-order valence-electron chi connectivity index (χ1n) is 6.54. The molecule has 0 saturated carbocycles. The molecular weight excluding hydrogens is 274 g/mol. The number of amides is 1. The molecule has 0 aliphatic carbocycles. The van der Waals surface area contributed by atoms with E-state index in [0.717, 1.165) is 18.4 Å². The van der Waals surface area contributed by atoms with Gasteiger partial charge in [0.2, 0.25) is 0 Å². The second-order valence-electron chi connectivity index (χ2n) is 4.45. The van der Waals surface area contributed by atoms with Crippen molar-refractivity contribution in [2.45, 2.75) is 25.8 Å². The number of aromatic nitrogens is 2. The quantitative estimate of drug-likeness (QED) is 0.918. The average Bonchev–Trinajstić information content (AvgIpc) is 2.47. The second kappa shape index (κ2) is 7.01. The minimum Gasteiger partial charge on any atom is -0.344 e. The largest absolute Gasteiger partial charge is 0.344 e. The Balaban J connectivity index is 2.14. The molecule has 2 rings (SSSR count). The highest BCUT2D eigenvalue weighted by molar-refractivity contribution is 6.29. The van der Waals surface area contributed by atoms with E-state index in [1.807, 2.05) is 30.3 Å². The van der Waals surface area contributed by atoms with E-state index in [-0.39, 0.29) is 22.8 Å². The Bertz CT molecular complexity index is 574. The molecule has 1 heterocycles. The summed E-state index contributed by atoms with van der Waals surface area (Å²) in [4.78, 5) is 20.0. The topological polar surface area (TPSA) is 54.9 Å². The molecule has 0 bridgehead atoms. The highest BCUT2D eigenvalue weighted by Crippen LogP contribution is 2.18. The van der Waals surface area contributed by atoms with Crippen LogP contribution in [0.15, 0.2) is 42.7 Å². The third kappa shape index (κ3) is 3.78. The van der Waals surface area contributed by atoms with E-state index in [4.69, 9.17) is 11.6 Å². The molecule has 1 amide bonds. The monoisotopic (exact) mass is 289 g/mol. The van der Waals surface area contributed by atoms with Gasteiger partial charge in [0.15, 0.2) is 0 Å². The second-order valence-corrected chi connectivity index (χ2v) is 4.84. The van der Waals surface area contributed by atoms with Gasteiger partial charge in [-0.3, -0.25) is 9.78 Å². The maximum absolute atomic E-state index is 12.2. The molecule has 0 fully saturated rings. The number of carbonyl (C=O) groups excluding carboxylic acids is 1. The summed E-state index contributed by atoms with van der Waals surface area (Å²) in [5, 5.41) is 3.19. The molecule has 0 saturated heterocycles. The van der Waals surface area contributed by atoms with Gasteiger partial charge in [0.1, 0.15) is 10.8 Å². The van der Waals surface area contributed by atoms with E-state index < -0.39 is 0 Å². The van der Waals surface area contributed by atoms with Crippen LogP contribution in [-0.2, 0) is 0 Å². The lowest BCUT2D eigenvalue weighted by atomic mass is 10.0. The molecule has 1 atom stereocenters. The summed E-state index contributed by atoms with van der Waals surface area (Å²) in [6, 6.07) is 9.85. The van der Waals surface area contributed by atoms with Crippen LogP contribution >= 0.6 is 11.6 Å². The molecule has 5 heteroatoms. The lowest BCUT2D eigenvalue weighted by Gasteiger charge is -2.18. The average molecular weight is 290 g/mol. The van der Waals surface area contributed by atoms with Crippen molar-refractivity contribution in [1.29, 1.82) is 0 Å². The molecule has 0 spiro atoms. The smallest absolute Gasteiger partial charge is 0.272 e. The maximum atomic E-state index is 12.2. The third-order valence-electron chi connectivity index (χ3n) is 2.92. The van der Waals surface area contributed by atoms with E-state index in [1.54, 1.807) is 0 Å². The summed E-state index contributed by atoms with van der Waals surface area (Å²) >= 11 is 5.75. The van der Waals surface area contributed by atoms with Gasteiger partial charge in [0.05, 0.1) is 18.4 Å². The molecule has 2 aromatic rings. The predicted molar refractivity (Wildman–Crippen MR) is 78.6 cm³/mol. The fourth-order valence-electron chi connectivity index (χ4n) is 1.98. The highest BCUT2D eigenvalue weighted by Gasteiger charge is 2.16. The zero-order valence-corrected chi connectivity index (χ0v) is 12.0. The summed E-state index contributed by atoms with van der Waals surface area (Å²) < 4.78 is 0. The van der Waals surface area contributed by atoms with Crippen molar-refractivity contribution in [1.82, 2.24) is 15.3 Å². The van der Waals surface area contributed by atoms with Crippen LogP contribution in [0.2, 0.25) is 5.15 Å². The molecule has 0 aliphatic rings. The predicted octanol–water partition coefficient (Wildman–Crippen LogP) is 3.40. The molecule has 0 aliphatic heterocycles. The fraction of sp³-hybridized carbons (Fsp3) is 0.267. The standard InChI is InChI=1S/C15H16ClN3O/c1-2-6-12(11-7-4-3-5-8-11)19-15(20)13-9-17-10-14(16)18-13/h3-5,7-10,12H,2,6H2,1H3,(H,19,20). The Morgan fingerprint density at radius 1 is 1.30 bits per heavy atom. The highest BCUT2D eigenvalue weighted by atomic mass is 35.5. The van der Waals surface area contributed by atoms with Crippen LogP contribution in [0, 0.1) is 0 Å². The van der Waals surface area contributed by atoms with Crippen LogP contribution in [-0.4, -0.2) is 15.9 Å². The normalized spacial score (nSPS) is 11.9. The summed E-state index contributed by atoms with van der Waals surface area (Å²) in [7, 11) is 0. The van der Waals surface area contributed by atoms with Gasteiger partial charge < -0.3 is 5.32 Å². The van der Waals surface area contributed by atoms with Crippen molar-refractivity contribution < 1.29 is 4.79 Å². The summed E-state index contributed by atoms with van der Waals surface area (Å²) in [6.45, 7) is 2.08. The van der Waals surface area contributed by atoms with Crippen LogP contribution in [0.5, 0.6) is 0 Å². The first-order valence-corrected chi connectivity index (χ1v) is 6.92. The van der Waals surface area contributed by atoms with Gasteiger partial charge in [0.25, 0.3) is 5.91 Å². The Hall–Kier alpha value is -1.94. The van der Waals surface area contributed by atoms with E-state index in [9.17, 15) is 4.79 Å².